The fourth-order valence-electron chi connectivity index (χ4n) is 4.36. The molecule has 2 N–H and O–H groups in total. The topological polar surface area (TPSA) is 48.1 Å². The number of piperidine rings is 1. The maximum atomic E-state index is 12.5. The van der Waals surface area contributed by atoms with E-state index in [1.165, 1.54) is 30.2 Å². The van der Waals surface area contributed by atoms with Crippen molar-refractivity contribution in [2.45, 2.75) is 56.9 Å². The molecule has 2 aliphatic rings. The van der Waals surface area contributed by atoms with E-state index in [0.29, 0.717) is 12.0 Å². The minimum atomic E-state index is 0.132. The van der Waals surface area contributed by atoms with Crippen molar-refractivity contribution in [3.05, 3.63) is 35.0 Å². The van der Waals surface area contributed by atoms with E-state index < -0.39 is 0 Å². The van der Waals surface area contributed by atoms with Crippen LogP contribution in [-0.2, 0) is 0 Å². The van der Waals surface area contributed by atoms with Crippen molar-refractivity contribution in [3.8, 4) is 0 Å². The third kappa shape index (κ3) is 3.64. The van der Waals surface area contributed by atoms with Gasteiger partial charge in [-0.2, -0.15) is 0 Å². The maximum Gasteiger partial charge on any atom is 0.317 e. The van der Waals surface area contributed by atoms with Crippen LogP contribution in [0.3, 0.4) is 0 Å². The van der Waals surface area contributed by atoms with Gasteiger partial charge >= 0.3 is 6.03 Å². The van der Waals surface area contributed by atoms with Gasteiger partial charge in [0.1, 0.15) is 0 Å². The molecule has 2 aromatic rings. The van der Waals surface area contributed by atoms with Gasteiger partial charge in [-0.15, -0.1) is 0 Å². The zero-order valence-electron chi connectivity index (χ0n) is 14.6. The van der Waals surface area contributed by atoms with Gasteiger partial charge in [-0.25, -0.2) is 4.79 Å². The first-order valence-electron chi connectivity index (χ1n) is 9.52. The number of nitrogens with one attached hydrogen (secondary N) is 2. The highest BCUT2D eigenvalue weighted by molar-refractivity contribution is 6.31. The third-order valence-electron chi connectivity index (χ3n) is 5.83. The fraction of sp³-hybridized carbons (Fsp3) is 0.550. The molecule has 2 heterocycles. The highest BCUT2D eigenvalue weighted by Crippen LogP contribution is 2.34. The summed E-state index contributed by atoms with van der Waals surface area (Å²) in [6, 6.07) is 6.52. The van der Waals surface area contributed by atoms with Gasteiger partial charge in [0.05, 0.1) is 0 Å². The molecule has 1 saturated carbocycles. The molecular formula is C20H26ClN3O. The summed E-state index contributed by atoms with van der Waals surface area (Å²) in [6.07, 6.45) is 10.2. The average molecular weight is 360 g/mol. The Morgan fingerprint density at radius 3 is 2.64 bits per heavy atom. The predicted octanol–water partition coefficient (Wildman–Crippen LogP) is 5.04. The van der Waals surface area contributed by atoms with Crippen molar-refractivity contribution in [2.75, 3.05) is 13.1 Å². The van der Waals surface area contributed by atoms with Gasteiger partial charge in [0, 0.05) is 41.3 Å². The number of benzene rings is 1. The number of carbonyl (C=O) groups excluding carboxylic acids is 1. The number of nitrogens with zero attached hydrogens (tertiary/aromatic N) is 1. The van der Waals surface area contributed by atoms with Crippen LogP contribution in [0.25, 0.3) is 10.9 Å². The first kappa shape index (κ1) is 16.8. The molecule has 0 atom stereocenters. The zero-order valence-corrected chi connectivity index (χ0v) is 15.3. The van der Waals surface area contributed by atoms with Crippen LogP contribution in [0.15, 0.2) is 24.4 Å². The molecule has 1 aliphatic carbocycles. The van der Waals surface area contributed by atoms with Crippen LogP contribution >= 0.6 is 11.6 Å². The molecule has 4 nitrogen and oxygen atoms in total. The molecule has 2 amide bonds. The smallest absolute Gasteiger partial charge is 0.317 e. The van der Waals surface area contributed by atoms with Crippen molar-refractivity contribution in [2.24, 2.45) is 0 Å². The first-order valence-corrected chi connectivity index (χ1v) is 9.90. The average Bonchev–Trinajstić information content (AvgIpc) is 3.05. The van der Waals surface area contributed by atoms with Crippen molar-refractivity contribution < 1.29 is 4.79 Å². The molecule has 25 heavy (non-hydrogen) atoms. The Morgan fingerprint density at radius 1 is 1.12 bits per heavy atom. The molecule has 4 rings (SSSR count). The molecule has 0 unspecified atom stereocenters. The van der Waals surface area contributed by atoms with E-state index in [9.17, 15) is 4.79 Å². The summed E-state index contributed by atoms with van der Waals surface area (Å²) >= 11 is 6.17. The third-order valence-corrected chi connectivity index (χ3v) is 6.07. The van der Waals surface area contributed by atoms with E-state index >= 15 is 0 Å². The van der Waals surface area contributed by atoms with Crippen LogP contribution in [0.1, 0.15) is 56.4 Å². The summed E-state index contributed by atoms with van der Waals surface area (Å²) in [5, 5.41) is 5.23. The largest absolute Gasteiger partial charge is 0.361 e. The van der Waals surface area contributed by atoms with Crippen LogP contribution in [0.2, 0.25) is 5.02 Å². The monoisotopic (exact) mass is 359 g/mol. The Morgan fingerprint density at radius 2 is 1.88 bits per heavy atom. The summed E-state index contributed by atoms with van der Waals surface area (Å²) in [5.41, 5.74) is 2.47. The summed E-state index contributed by atoms with van der Waals surface area (Å²) in [4.78, 5) is 17.9. The number of fused-ring (bicyclic) bond motifs is 1. The molecule has 1 aromatic heterocycles. The van der Waals surface area contributed by atoms with E-state index in [0.717, 1.165) is 49.3 Å². The zero-order chi connectivity index (χ0) is 17.2. The minimum absolute atomic E-state index is 0.132. The summed E-state index contributed by atoms with van der Waals surface area (Å²) < 4.78 is 0. The molecule has 1 aromatic carbocycles. The van der Waals surface area contributed by atoms with Crippen LogP contribution in [0.4, 0.5) is 4.79 Å². The van der Waals surface area contributed by atoms with Gasteiger partial charge in [-0.3, -0.25) is 0 Å². The number of halogens is 1. The second-order valence-electron chi connectivity index (χ2n) is 7.48. The second-order valence-corrected chi connectivity index (χ2v) is 7.92. The number of hydrogen-bond acceptors (Lipinski definition) is 1. The van der Waals surface area contributed by atoms with E-state index in [1.54, 1.807) is 0 Å². The molecule has 1 aliphatic heterocycles. The maximum absolute atomic E-state index is 12.5. The molecule has 0 radical (unpaired) electrons. The van der Waals surface area contributed by atoms with Gasteiger partial charge in [0.2, 0.25) is 0 Å². The molecule has 0 spiro atoms. The molecule has 0 bridgehead atoms. The van der Waals surface area contributed by atoms with E-state index in [2.05, 4.69) is 16.5 Å². The van der Waals surface area contributed by atoms with Crippen LogP contribution < -0.4 is 5.32 Å². The Bertz CT molecular complexity index is 742. The van der Waals surface area contributed by atoms with E-state index in [1.807, 2.05) is 23.1 Å². The van der Waals surface area contributed by atoms with Crippen LogP contribution in [0.5, 0.6) is 0 Å². The van der Waals surface area contributed by atoms with Crippen molar-refractivity contribution in [3.63, 3.8) is 0 Å². The molecule has 2 fully saturated rings. The highest BCUT2D eigenvalue weighted by atomic mass is 35.5. The highest BCUT2D eigenvalue weighted by Gasteiger charge is 2.27. The molecule has 1 saturated heterocycles. The number of aromatic nitrogens is 1. The number of carbonyl (C=O) groups is 1. The Hall–Kier alpha value is -1.68. The van der Waals surface area contributed by atoms with Crippen molar-refractivity contribution in [1.82, 2.24) is 15.2 Å². The lowest BCUT2D eigenvalue weighted by Crippen LogP contribution is -2.48. The minimum Gasteiger partial charge on any atom is -0.361 e. The van der Waals surface area contributed by atoms with Crippen LogP contribution in [-0.4, -0.2) is 35.0 Å². The Kier molecular flexibility index (Phi) is 4.89. The molecule has 134 valence electrons. The number of aromatic amines is 1. The molecular weight excluding hydrogens is 334 g/mol. The number of H-pyrrole nitrogens is 1. The SMILES string of the molecule is O=C(NC1CCCCC1)N1CCC(c2c[nH]c3ccc(Cl)cc23)CC1. The van der Waals surface area contributed by atoms with Crippen molar-refractivity contribution in [1.29, 1.82) is 0 Å². The lowest BCUT2D eigenvalue weighted by Gasteiger charge is -2.34. The van der Waals surface area contributed by atoms with Gasteiger partial charge in [0.15, 0.2) is 0 Å². The van der Waals surface area contributed by atoms with E-state index in [-0.39, 0.29) is 6.03 Å². The lowest BCUT2D eigenvalue weighted by atomic mass is 9.89. The quantitative estimate of drug-likeness (QED) is 0.775. The summed E-state index contributed by atoms with van der Waals surface area (Å²) in [6.45, 7) is 1.66. The predicted molar refractivity (Wildman–Crippen MR) is 102 cm³/mol. The number of urea groups is 1. The number of likely N-dealkylation sites (tertiary alicyclic amines) is 1. The van der Waals surface area contributed by atoms with Gasteiger partial charge in [-0.05, 0) is 55.4 Å². The second kappa shape index (κ2) is 7.28. The number of rotatable bonds is 2. The Labute approximate surface area is 153 Å². The van der Waals surface area contributed by atoms with Gasteiger partial charge in [0.25, 0.3) is 0 Å². The standard InChI is InChI=1S/C20H26ClN3O/c21-15-6-7-19-17(12-15)18(13-22-19)14-8-10-24(11-9-14)20(25)23-16-4-2-1-3-5-16/h6-7,12-14,16,22H,1-5,8-11H2,(H,23,25). The van der Waals surface area contributed by atoms with Crippen molar-refractivity contribution >= 4 is 28.5 Å². The number of hydrogen-bond donors (Lipinski definition) is 2. The van der Waals surface area contributed by atoms with E-state index in [4.69, 9.17) is 11.6 Å². The van der Waals surface area contributed by atoms with Crippen LogP contribution in [0, 0.1) is 0 Å². The first-order chi connectivity index (χ1) is 12.2. The Balaban J connectivity index is 1.37. The fourth-order valence-corrected chi connectivity index (χ4v) is 4.53. The van der Waals surface area contributed by atoms with Gasteiger partial charge in [-0.1, -0.05) is 30.9 Å². The lowest BCUT2D eigenvalue weighted by molar-refractivity contribution is 0.174. The summed E-state index contributed by atoms with van der Waals surface area (Å²) in [5.74, 6) is 0.492. The number of amides is 2. The van der Waals surface area contributed by atoms with Gasteiger partial charge < -0.3 is 15.2 Å². The molecule has 5 heteroatoms. The summed E-state index contributed by atoms with van der Waals surface area (Å²) in [7, 11) is 0. The normalized spacial score (nSPS) is 20.1.